The van der Waals surface area contributed by atoms with Crippen molar-refractivity contribution >= 4 is 23.7 Å². The van der Waals surface area contributed by atoms with Crippen molar-refractivity contribution in [1.82, 2.24) is 9.88 Å². The number of halogens is 1. The maximum absolute atomic E-state index is 12.1. The molecule has 7 heteroatoms. The van der Waals surface area contributed by atoms with Gasteiger partial charge in [-0.1, -0.05) is 78.3 Å². The van der Waals surface area contributed by atoms with Crippen molar-refractivity contribution in [3.8, 4) is 11.3 Å². The Morgan fingerprint density at radius 2 is 1.58 bits per heavy atom. The lowest BCUT2D eigenvalue weighted by atomic mass is 10.1. The fourth-order valence-electron chi connectivity index (χ4n) is 3.99. The van der Waals surface area contributed by atoms with Gasteiger partial charge in [0.1, 0.15) is 6.61 Å². The number of hydrogen-bond acceptors (Lipinski definition) is 3. The van der Waals surface area contributed by atoms with Crippen LogP contribution in [0.1, 0.15) is 28.8 Å². The average Bonchev–Trinajstić information content (AvgIpc) is 3.28. The lowest BCUT2D eigenvalue weighted by Crippen LogP contribution is -2.23. The van der Waals surface area contributed by atoms with Gasteiger partial charge in [0.2, 0.25) is 0 Å². The molecule has 0 saturated carbocycles. The third-order valence-corrected chi connectivity index (χ3v) is 6.04. The third kappa shape index (κ3) is 6.99. The van der Waals surface area contributed by atoms with E-state index >= 15 is 0 Å². The summed E-state index contributed by atoms with van der Waals surface area (Å²) in [7, 11) is 0. The lowest BCUT2D eigenvalue weighted by Gasteiger charge is -2.15. The van der Waals surface area contributed by atoms with E-state index in [-0.39, 0.29) is 13.0 Å². The molecule has 0 spiro atoms. The summed E-state index contributed by atoms with van der Waals surface area (Å²) in [5.74, 6) is -0.831. The number of aliphatic carboxylic acids is 1. The molecule has 184 valence electrons. The molecule has 0 aliphatic carbocycles. The molecule has 4 aromatic rings. The normalized spacial score (nSPS) is 10.7. The van der Waals surface area contributed by atoms with Crippen LogP contribution in [0.2, 0.25) is 5.02 Å². The Balaban J connectivity index is 1.45. The first-order valence-electron chi connectivity index (χ1n) is 11.7. The van der Waals surface area contributed by atoms with Gasteiger partial charge in [0.15, 0.2) is 0 Å². The van der Waals surface area contributed by atoms with Crippen molar-refractivity contribution in [3.05, 3.63) is 118 Å². The van der Waals surface area contributed by atoms with Gasteiger partial charge >= 0.3 is 12.1 Å². The standard InChI is InChI=1S/C29H27ClN2O4/c30-25-11-9-24(10-12-25)27-15-13-26(14-16-28(33)34)32(27)19-23-8-4-7-22(17-23)18-31-29(35)36-20-21-5-2-1-3-6-21/h1-13,15,17H,14,16,18-20H2,(H,31,35)(H,33,34). The number of nitrogens with zero attached hydrogens (tertiary/aromatic N) is 1. The number of alkyl carbamates (subject to hydrolysis) is 1. The Hall–Kier alpha value is -4.03. The minimum absolute atomic E-state index is 0.0547. The summed E-state index contributed by atoms with van der Waals surface area (Å²) in [6, 6.07) is 29.0. The molecule has 0 unspecified atom stereocenters. The minimum atomic E-state index is -0.831. The van der Waals surface area contributed by atoms with Crippen LogP contribution in [-0.2, 0) is 35.6 Å². The van der Waals surface area contributed by atoms with Crippen molar-refractivity contribution in [3.63, 3.8) is 0 Å². The van der Waals surface area contributed by atoms with Crippen molar-refractivity contribution < 1.29 is 19.4 Å². The zero-order valence-corrected chi connectivity index (χ0v) is 20.4. The Kier molecular flexibility index (Phi) is 8.42. The molecule has 1 amide bonds. The van der Waals surface area contributed by atoms with Gasteiger partial charge in [-0.05, 0) is 52.9 Å². The minimum Gasteiger partial charge on any atom is -0.481 e. The number of carboxylic acid groups (broad SMARTS) is 1. The summed E-state index contributed by atoms with van der Waals surface area (Å²) in [4.78, 5) is 23.3. The van der Waals surface area contributed by atoms with Crippen LogP contribution in [0.25, 0.3) is 11.3 Å². The summed E-state index contributed by atoms with van der Waals surface area (Å²) in [6.45, 7) is 1.11. The Bertz CT molecular complexity index is 1320. The van der Waals surface area contributed by atoms with E-state index in [0.717, 1.165) is 33.6 Å². The predicted molar refractivity (Wildman–Crippen MR) is 140 cm³/mol. The van der Waals surface area contributed by atoms with Crippen molar-refractivity contribution in [2.24, 2.45) is 0 Å². The van der Waals surface area contributed by atoms with Crippen LogP contribution in [0.5, 0.6) is 0 Å². The van der Waals surface area contributed by atoms with E-state index in [1.165, 1.54) is 0 Å². The molecule has 0 radical (unpaired) electrons. The number of hydrogen-bond donors (Lipinski definition) is 2. The summed E-state index contributed by atoms with van der Waals surface area (Å²) >= 11 is 6.07. The van der Waals surface area contributed by atoms with Gasteiger partial charge in [-0.2, -0.15) is 0 Å². The molecule has 1 aromatic heterocycles. The molecule has 0 fully saturated rings. The second-order valence-electron chi connectivity index (χ2n) is 8.43. The van der Waals surface area contributed by atoms with Crippen LogP contribution in [-0.4, -0.2) is 21.7 Å². The van der Waals surface area contributed by atoms with Gasteiger partial charge in [-0.25, -0.2) is 4.79 Å². The predicted octanol–water partition coefficient (Wildman–Crippen LogP) is 6.30. The summed E-state index contributed by atoms with van der Waals surface area (Å²) in [6.07, 6.45) is 0.00643. The van der Waals surface area contributed by atoms with Crippen LogP contribution in [0, 0.1) is 0 Å². The SMILES string of the molecule is O=C(O)CCc1ccc(-c2ccc(Cl)cc2)n1Cc1cccc(CNC(=O)OCc2ccccc2)c1. The van der Waals surface area contributed by atoms with Gasteiger partial charge < -0.3 is 19.7 Å². The molecule has 2 N–H and O–H groups in total. The number of ether oxygens (including phenoxy) is 1. The van der Waals surface area contributed by atoms with Crippen molar-refractivity contribution in [2.75, 3.05) is 0 Å². The number of carbonyl (C=O) groups is 2. The lowest BCUT2D eigenvalue weighted by molar-refractivity contribution is -0.137. The van der Waals surface area contributed by atoms with Crippen LogP contribution >= 0.6 is 11.6 Å². The van der Waals surface area contributed by atoms with E-state index in [9.17, 15) is 14.7 Å². The van der Waals surface area contributed by atoms with E-state index in [1.54, 1.807) is 0 Å². The Morgan fingerprint density at radius 3 is 2.33 bits per heavy atom. The molecule has 36 heavy (non-hydrogen) atoms. The highest BCUT2D eigenvalue weighted by Gasteiger charge is 2.13. The highest BCUT2D eigenvalue weighted by atomic mass is 35.5. The molecule has 4 rings (SSSR count). The molecule has 1 heterocycles. The maximum atomic E-state index is 12.1. The van der Waals surface area contributed by atoms with Gasteiger partial charge in [0.05, 0.1) is 6.42 Å². The quantitative estimate of drug-likeness (QED) is 0.266. The van der Waals surface area contributed by atoms with E-state index in [0.29, 0.717) is 24.5 Å². The van der Waals surface area contributed by atoms with E-state index < -0.39 is 12.1 Å². The zero-order valence-electron chi connectivity index (χ0n) is 19.7. The monoisotopic (exact) mass is 502 g/mol. The fraction of sp³-hybridized carbons (Fsp3) is 0.172. The Morgan fingerprint density at radius 1 is 0.861 bits per heavy atom. The molecule has 0 aliphatic heterocycles. The van der Waals surface area contributed by atoms with Crippen molar-refractivity contribution in [1.29, 1.82) is 0 Å². The van der Waals surface area contributed by atoms with Crippen LogP contribution < -0.4 is 5.32 Å². The number of aryl methyl sites for hydroxylation is 1. The molecule has 3 aromatic carbocycles. The highest BCUT2D eigenvalue weighted by molar-refractivity contribution is 6.30. The number of aromatic nitrogens is 1. The second-order valence-corrected chi connectivity index (χ2v) is 8.87. The van der Waals surface area contributed by atoms with E-state index in [4.69, 9.17) is 16.3 Å². The number of nitrogens with one attached hydrogen (secondary N) is 1. The van der Waals surface area contributed by atoms with Crippen molar-refractivity contribution in [2.45, 2.75) is 32.5 Å². The molecule has 0 bridgehead atoms. The third-order valence-electron chi connectivity index (χ3n) is 5.79. The molecule has 0 saturated heterocycles. The maximum Gasteiger partial charge on any atom is 0.407 e. The van der Waals surface area contributed by atoms with Crippen LogP contribution in [0.15, 0.2) is 91.0 Å². The summed E-state index contributed by atoms with van der Waals surface area (Å²) < 4.78 is 7.42. The van der Waals surface area contributed by atoms with Crippen LogP contribution in [0.3, 0.4) is 0 Å². The largest absolute Gasteiger partial charge is 0.481 e. The van der Waals surface area contributed by atoms with E-state index in [2.05, 4.69) is 9.88 Å². The van der Waals surface area contributed by atoms with E-state index in [1.807, 2.05) is 91.0 Å². The molecule has 6 nitrogen and oxygen atoms in total. The summed E-state index contributed by atoms with van der Waals surface area (Å²) in [5, 5.41) is 12.6. The van der Waals surface area contributed by atoms with Gasteiger partial charge in [-0.15, -0.1) is 0 Å². The topological polar surface area (TPSA) is 80.6 Å². The first-order chi connectivity index (χ1) is 17.5. The first-order valence-corrected chi connectivity index (χ1v) is 12.0. The second kappa shape index (κ2) is 12.1. The van der Waals surface area contributed by atoms with Gasteiger partial charge in [0, 0.05) is 29.5 Å². The van der Waals surface area contributed by atoms with Gasteiger partial charge in [0.25, 0.3) is 0 Å². The molecular weight excluding hydrogens is 476 g/mol. The summed E-state index contributed by atoms with van der Waals surface area (Å²) in [5.41, 5.74) is 5.83. The van der Waals surface area contributed by atoms with Crippen LogP contribution in [0.4, 0.5) is 4.79 Å². The molecular formula is C29H27ClN2O4. The number of carboxylic acids is 1. The highest BCUT2D eigenvalue weighted by Crippen LogP contribution is 2.26. The fourth-order valence-corrected chi connectivity index (χ4v) is 4.12. The molecule has 0 atom stereocenters. The molecule has 0 aliphatic rings. The average molecular weight is 503 g/mol. The number of carbonyl (C=O) groups excluding carboxylic acids is 1. The Labute approximate surface area is 215 Å². The smallest absolute Gasteiger partial charge is 0.407 e. The first kappa shape index (κ1) is 25.1. The van der Waals surface area contributed by atoms with Gasteiger partial charge in [-0.3, -0.25) is 4.79 Å². The number of benzene rings is 3. The number of rotatable bonds is 10. The number of amides is 1. The zero-order chi connectivity index (χ0) is 25.3.